The Labute approximate surface area is 204 Å². The number of piperidine rings is 1. The van der Waals surface area contributed by atoms with Crippen LogP contribution < -0.4 is 10.4 Å². The molecule has 170 valence electrons. The van der Waals surface area contributed by atoms with Crippen molar-refractivity contribution in [1.82, 2.24) is 10.4 Å². The van der Waals surface area contributed by atoms with Crippen LogP contribution in [-0.2, 0) is 4.79 Å². The van der Waals surface area contributed by atoms with Crippen molar-refractivity contribution >= 4 is 52.1 Å². The van der Waals surface area contributed by atoms with Gasteiger partial charge in [0.2, 0.25) is 0 Å². The Morgan fingerprint density at radius 2 is 1.62 bits per heavy atom. The van der Waals surface area contributed by atoms with Gasteiger partial charge in [0.1, 0.15) is 5.71 Å². The molecule has 0 aliphatic carbocycles. The van der Waals surface area contributed by atoms with Gasteiger partial charge in [0.05, 0.1) is 16.8 Å². The number of hydrogen-bond acceptors (Lipinski definition) is 4. The fraction of sp³-hybridized carbons (Fsp3) is 0.417. The fourth-order valence-corrected chi connectivity index (χ4v) is 5.30. The molecule has 0 unspecified atom stereocenters. The first-order chi connectivity index (χ1) is 15.3. The molecule has 1 fully saturated rings. The van der Waals surface area contributed by atoms with E-state index in [2.05, 4.69) is 29.4 Å². The second-order valence-electron chi connectivity index (χ2n) is 8.67. The summed E-state index contributed by atoms with van der Waals surface area (Å²) in [7, 11) is 0. The van der Waals surface area contributed by atoms with Gasteiger partial charge in [0, 0.05) is 28.0 Å². The summed E-state index contributed by atoms with van der Waals surface area (Å²) in [5.74, 6) is -0.307. The van der Waals surface area contributed by atoms with Crippen LogP contribution in [0, 0.1) is 5.92 Å². The number of hydrogen-bond donors (Lipinski definition) is 1. The third-order valence-corrected chi connectivity index (χ3v) is 7.20. The normalized spacial score (nSPS) is 25.9. The molecule has 2 aliphatic heterocycles. The van der Waals surface area contributed by atoms with Crippen LogP contribution in [0.3, 0.4) is 0 Å². The average Bonchev–Trinajstić information content (AvgIpc) is 3.13. The van der Waals surface area contributed by atoms with Crippen LogP contribution in [0.5, 0.6) is 0 Å². The summed E-state index contributed by atoms with van der Waals surface area (Å²) in [6.45, 7) is 6.31. The van der Waals surface area contributed by atoms with Gasteiger partial charge in [0.25, 0.3) is 5.91 Å². The van der Waals surface area contributed by atoms with E-state index in [4.69, 9.17) is 34.8 Å². The minimum Gasteiger partial charge on any atom is -0.301 e. The molecule has 1 saturated heterocycles. The van der Waals surface area contributed by atoms with Gasteiger partial charge in [-0.1, -0.05) is 60.3 Å². The second-order valence-corrected chi connectivity index (χ2v) is 9.95. The van der Waals surface area contributed by atoms with Crippen LogP contribution in [0.2, 0.25) is 15.1 Å². The number of hydrazone groups is 1. The van der Waals surface area contributed by atoms with E-state index >= 15 is 0 Å². The van der Waals surface area contributed by atoms with Crippen LogP contribution >= 0.6 is 34.8 Å². The molecule has 2 aromatic rings. The highest BCUT2D eigenvalue weighted by Gasteiger charge is 2.41. The number of benzene rings is 2. The largest absolute Gasteiger partial charge is 0.301 e. The van der Waals surface area contributed by atoms with Crippen LogP contribution in [0.15, 0.2) is 47.6 Å². The van der Waals surface area contributed by atoms with Crippen molar-refractivity contribution < 1.29 is 4.79 Å². The smallest absolute Gasteiger partial charge is 0.289 e. The number of rotatable bonds is 4. The third kappa shape index (κ3) is 4.49. The van der Waals surface area contributed by atoms with E-state index in [1.807, 2.05) is 31.2 Å². The molecule has 0 spiro atoms. The van der Waals surface area contributed by atoms with Crippen LogP contribution in [0.1, 0.15) is 51.6 Å². The first-order valence-corrected chi connectivity index (χ1v) is 12.1. The van der Waals surface area contributed by atoms with Gasteiger partial charge in [0.15, 0.2) is 0 Å². The molecule has 8 heteroatoms. The Balaban J connectivity index is 1.69. The molecule has 4 atom stereocenters. The molecule has 0 radical (unpaired) electrons. The number of halogens is 3. The van der Waals surface area contributed by atoms with Crippen molar-refractivity contribution in [3.63, 3.8) is 0 Å². The Bertz CT molecular complexity index is 1020. The minimum absolute atomic E-state index is 0.107. The summed E-state index contributed by atoms with van der Waals surface area (Å²) >= 11 is 18.8. The zero-order valence-electron chi connectivity index (χ0n) is 18.4. The topological polar surface area (TPSA) is 47.9 Å². The minimum atomic E-state index is -0.175. The summed E-state index contributed by atoms with van der Waals surface area (Å²) < 4.78 is 0. The van der Waals surface area contributed by atoms with Crippen molar-refractivity contribution in [1.29, 1.82) is 0 Å². The molecular weight excluding hydrogens is 467 g/mol. The van der Waals surface area contributed by atoms with Crippen molar-refractivity contribution in [2.24, 2.45) is 11.0 Å². The molecule has 1 N–H and O–H groups in total. The van der Waals surface area contributed by atoms with Gasteiger partial charge in [-0.3, -0.25) is 4.79 Å². The van der Waals surface area contributed by atoms with E-state index in [9.17, 15) is 4.79 Å². The molecule has 4 rings (SSSR count). The van der Waals surface area contributed by atoms with E-state index in [1.54, 1.807) is 23.2 Å². The highest BCUT2D eigenvalue weighted by atomic mass is 35.5. The number of anilines is 1. The molecule has 2 aliphatic rings. The van der Waals surface area contributed by atoms with Crippen LogP contribution in [-0.4, -0.2) is 28.7 Å². The first kappa shape index (κ1) is 23.4. The third-order valence-electron chi connectivity index (χ3n) is 6.41. The Morgan fingerprint density at radius 1 is 1.00 bits per heavy atom. The summed E-state index contributed by atoms with van der Waals surface area (Å²) in [5.41, 5.74) is 5.28. The van der Waals surface area contributed by atoms with E-state index in [1.165, 1.54) is 0 Å². The Hall–Kier alpha value is -1.79. The highest BCUT2D eigenvalue weighted by molar-refractivity contribution is 6.46. The maximum Gasteiger partial charge on any atom is 0.289 e. The van der Waals surface area contributed by atoms with Crippen LogP contribution in [0.25, 0.3) is 0 Å². The van der Waals surface area contributed by atoms with Crippen LogP contribution in [0.4, 0.5) is 5.69 Å². The Morgan fingerprint density at radius 3 is 2.25 bits per heavy atom. The standard InChI is InChI=1S/C24H27Cl3N4O/c1-14-5-4-6-15(2)30(14)31(21-12-11-19(26)13-20(21)27)24(32)23-16(3)22(28-29-23)17-7-9-18(25)10-8-17/h7-16,22,28H,4-6H2,1-3H3/t14-,15-,16+,22+/m1/s1. The molecule has 2 aromatic carbocycles. The number of nitrogens with one attached hydrogen (secondary N) is 1. The van der Waals surface area contributed by atoms with Gasteiger partial charge in [-0.15, -0.1) is 0 Å². The van der Waals surface area contributed by atoms with Gasteiger partial charge >= 0.3 is 0 Å². The summed E-state index contributed by atoms with van der Waals surface area (Å²) in [6.07, 6.45) is 3.15. The SMILES string of the molecule is C[C@@H]1C(C(=O)N(c2ccc(Cl)cc2Cl)N2[C@H](C)CCC[C@H]2C)=NN[C@@H]1c1ccc(Cl)cc1. The summed E-state index contributed by atoms with van der Waals surface area (Å²) in [5, 5.41) is 9.98. The van der Waals surface area contributed by atoms with Gasteiger partial charge in [-0.2, -0.15) is 5.10 Å². The lowest BCUT2D eigenvalue weighted by Gasteiger charge is -2.46. The average molecular weight is 494 g/mol. The summed E-state index contributed by atoms with van der Waals surface area (Å²) in [4.78, 5) is 14.0. The molecule has 2 heterocycles. The first-order valence-electron chi connectivity index (χ1n) is 10.9. The number of carbonyl (C=O) groups is 1. The second kappa shape index (κ2) is 9.60. The number of amides is 1. The maximum absolute atomic E-state index is 14.0. The predicted molar refractivity (Wildman–Crippen MR) is 132 cm³/mol. The lowest BCUT2D eigenvalue weighted by molar-refractivity contribution is -0.117. The van der Waals surface area contributed by atoms with E-state index in [0.29, 0.717) is 26.5 Å². The van der Waals surface area contributed by atoms with Crippen molar-refractivity contribution in [2.75, 3.05) is 5.01 Å². The van der Waals surface area contributed by atoms with Gasteiger partial charge < -0.3 is 5.43 Å². The molecule has 5 nitrogen and oxygen atoms in total. The summed E-state index contributed by atoms with van der Waals surface area (Å²) in [6, 6.07) is 13.1. The zero-order chi connectivity index (χ0) is 23.0. The molecular formula is C24H27Cl3N4O. The van der Waals surface area contributed by atoms with Gasteiger partial charge in [-0.25, -0.2) is 10.0 Å². The quantitative estimate of drug-likeness (QED) is 0.529. The number of carbonyl (C=O) groups excluding carboxylic acids is 1. The number of nitrogens with zero attached hydrogens (tertiary/aromatic N) is 3. The molecule has 0 saturated carbocycles. The molecule has 0 bridgehead atoms. The van der Waals surface area contributed by atoms with Crippen molar-refractivity contribution in [3.8, 4) is 0 Å². The lowest BCUT2D eigenvalue weighted by atomic mass is 9.91. The predicted octanol–water partition coefficient (Wildman–Crippen LogP) is 6.49. The monoisotopic (exact) mass is 492 g/mol. The van der Waals surface area contributed by atoms with E-state index in [-0.39, 0.29) is 30.0 Å². The molecule has 1 amide bonds. The van der Waals surface area contributed by atoms with Crippen molar-refractivity contribution in [2.45, 2.75) is 58.2 Å². The van der Waals surface area contributed by atoms with Crippen molar-refractivity contribution in [3.05, 3.63) is 63.1 Å². The molecule has 32 heavy (non-hydrogen) atoms. The highest BCUT2D eigenvalue weighted by Crippen LogP contribution is 2.36. The van der Waals surface area contributed by atoms with E-state index in [0.717, 1.165) is 24.8 Å². The van der Waals surface area contributed by atoms with E-state index < -0.39 is 0 Å². The Kier molecular flexibility index (Phi) is 7.01. The van der Waals surface area contributed by atoms with Gasteiger partial charge in [-0.05, 0) is 62.6 Å². The fourth-order valence-electron chi connectivity index (χ4n) is 4.69. The number of hydrazine groups is 1. The zero-order valence-corrected chi connectivity index (χ0v) is 20.6. The maximum atomic E-state index is 14.0. The lowest BCUT2D eigenvalue weighted by Crippen LogP contribution is -2.59. The molecule has 0 aromatic heterocycles.